The number of benzene rings is 10. The van der Waals surface area contributed by atoms with Crippen LogP contribution in [-0.4, -0.2) is 12.0 Å². The highest BCUT2D eigenvalue weighted by Gasteiger charge is 2.18. The van der Waals surface area contributed by atoms with E-state index >= 15 is 4.79 Å². The Labute approximate surface area is 469 Å². The number of ketones is 1. The minimum absolute atomic E-state index is 0. The molecule has 0 aliphatic rings. The van der Waals surface area contributed by atoms with E-state index in [1.165, 1.54) is 0 Å². The van der Waals surface area contributed by atoms with E-state index in [1.54, 1.807) is 6.26 Å². The molecule has 10 aromatic rings. The van der Waals surface area contributed by atoms with Gasteiger partial charge < -0.3 is 18.9 Å². The van der Waals surface area contributed by atoms with Gasteiger partial charge in [0.2, 0.25) is 0 Å². The van der Waals surface area contributed by atoms with Crippen LogP contribution >= 0.6 is 12.6 Å². The first-order chi connectivity index (χ1) is 37.7. The third-order valence-corrected chi connectivity index (χ3v) is 12.8. The number of hydrogen-bond acceptors (Lipinski definition) is 6. The molecule has 394 valence electrons. The highest BCUT2D eigenvalue weighted by atomic mass is 32.1. The van der Waals surface area contributed by atoms with E-state index < -0.39 is 0 Å². The maximum Gasteiger partial charge on any atom is 0.193 e. The van der Waals surface area contributed by atoms with E-state index in [4.69, 9.17) is 18.9 Å². The summed E-state index contributed by atoms with van der Waals surface area (Å²) in [5, 5.41) is 0. The van der Waals surface area contributed by atoms with Crippen LogP contribution in [0.15, 0.2) is 206 Å². The van der Waals surface area contributed by atoms with Crippen molar-refractivity contribution in [3.63, 3.8) is 0 Å². The van der Waals surface area contributed by atoms with Crippen LogP contribution in [0.2, 0.25) is 0 Å². The fraction of sp³-hybridized carbons (Fsp3) is 0.153. The second-order valence-corrected chi connectivity index (χ2v) is 19.7. The predicted molar refractivity (Wildman–Crippen MR) is 330 cm³/mol. The smallest absolute Gasteiger partial charge is 0.193 e. The van der Waals surface area contributed by atoms with Crippen LogP contribution in [-0.2, 0) is 0 Å². The Balaban J connectivity index is 0.00000177. The third kappa shape index (κ3) is 14.5. The first-order valence-corrected chi connectivity index (χ1v) is 27.4. The molecule has 0 saturated carbocycles. The fourth-order valence-electron chi connectivity index (χ4n) is 9.82. The van der Waals surface area contributed by atoms with E-state index in [0.29, 0.717) is 34.1 Å². The zero-order valence-corrected chi connectivity index (χ0v) is 47.5. The van der Waals surface area contributed by atoms with Crippen molar-refractivity contribution in [1.82, 2.24) is 0 Å². The first kappa shape index (κ1) is 55.6. The molecule has 0 fully saturated rings. The normalized spacial score (nSPS) is 10.6. The van der Waals surface area contributed by atoms with Gasteiger partial charge in [-0.1, -0.05) is 86.6 Å². The van der Waals surface area contributed by atoms with Crippen LogP contribution < -0.4 is 18.9 Å². The molecule has 0 amide bonds. The van der Waals surface area contributed by atoms with E-state index in [-0.39, 0.29) is 7.21 Å². The molecule has 10 aromatic carbocycles. The Bertz CT molecular complexity index is 3210. The van der Waals surface area contributed by atoms with E-state index in [2.05, 4.69) is 129 Å². The molecule has 0 radical (unpaired) electrons. The summed E-state index contributed by atoms with van der Waals surface area (Å²) in [6, 6.07) is 69.2. The molecule has 0 heterocycles. The summed E-state index contributed by atoms with van der Waals surface area (Å²) < 4.78 is 25.9. The summed E-state index contributed by atoms with van der Waals surface area (Å²) in [6.07, 6.45) is 1.69. The fourth-order valence-corrected chi connectivity index (χ4v) is 9.82. The Kier molecular flexibility index (Phi) is 18.2. The standard InChI is InChI=1S/C69H58O5.C2H6.CH4S.H2/c1-43-21-44(2)26-65(25-43)71-61-17-9-13-51(39-61)55-33-56(52-14-10-18-62(40-52)72-66-27-45(3)22-46(4)28-66)36-59(35-55)69(70)60-37-57(53-15-11-19-63(41-53)73-67-29-47(5)23-48(6)30-67)34-58(38-60)54-16-12-20-64(42-54)74-68-31-49(7)24-50(8)32-68;2*1-2;/h9-42H,1-8H3;1-2H3;2H,1H3;1H. The molecule has 10 rings (SSSR count). The first-order valence-electron chi connectivity index (χ1n) is 26.5. The maximum atomic E-state index is 15.6. The summed E-state index contributed by atoms with van der Waals surface area (Å²) >= 11 is 3.53. The molecular formula is C72H70O5S. The Morgan fingerprint density at radius 2 is 0.474 bits per heavy atom. The van der Waals surface area contributed by atoms with E-state index in [1.807, 2.05) is 159 Å². The summed E-state index contributed by atoms with van der Waals surface area (Å²) in [4.78, 5) is 15.6. The monoisotopic (exact) mass is 1050 g/mol. The summed E-state index contributed by atoms with van der Waals surface area (Å²) in [7, 11) is 0. The van der Waals surface area contributed by atoms with Gasteiger partial charge in [0, 0.05) is 12.6 Å². The van der Waals surface area contributed by atoms with Crippen molar-refractivity contribution in [3.8, 4) is 90.5 Å². The maximum absolute atomic E-state index is 15.6. The van der Waals surface area contributed by atoms with Crippen molar-refractivity contribution >= 4 is 18.4 Å². The number of thiol groups is 1. The summed E-state index contributed by atoms with van der Waals surface area (Å²) in [6.45, 7) is 20.5. The van der Waals surface area contributed by atoms with Crippen molar-refractivity contribution in [1.29, 1.82) is 0 Å². The minimum Gasteiger partial charge on any atom is -0.457 e. The molecule has 0 aliphatic carbocycles. The highest BCUT2D eigenvalue weighted by Crippen LogP contribution is 2.38. The molecule has 0 spiro atoms. The van der Waals surface area contributed by atoms with Crippen LogP contribution in [0.5, 0.6) is 46.0 Å². The largest absolute Gasteiger partial charge is 0.457 e. The van der Waals surface area contributed by atoms with E-state index in [0.717, 1.165) is 112 Å². The lowest BCUT2D eigenvalue weighted by Gasteiger charge is -2.15. The van der Waals surface area contributed by atoms with Crippen LogP contribution in [0.3, 0.4) is 0 Å². The van der Waals surface area contributed by atoms with Gasteiger partial charge in [-0.3, -0.25) is 4.79 Å². The molecule has 0 atom stereocenters. The summed E-state index contributed by atoms with van der Waals surface area (Å²) in [5.74, 6) is 5.72. The van der Waals surface area contributed by atoms with Gasteiger partial charge in [-0.2, -0.15) is 12.6 Å². The lowest BCUT2D eigenvalue weighted by atomic mass is 9.90. The van der Waals surface area contributed by atoms with Crippen molar-refractivity contribution in [2.24, 2.45) is 0 Å². The average molecular weight is 1050 g/mol. The molecule has 0 N–H and O–H groups in total. The molecule has 78 heavy (non-hydrogen) atoms. The Morgan fingerprint density at radius 3 is 0.679 bits per heavy atom. The molecule has 6 heteroatoms. The zero-order chi connectivity index (χ0) is 55.5. The summed E-state index contributed by atoms with van der Waals surface area (Å²) in [5.41, 5.74) is 17.1. The Hall–Kier alpha value is -8.58. The number of ether oxygens (including phenoxy) is 4. The third-order valence-electron chi connectivity index (χ3n) is 12.8. The van der Waals surface area contributed by atoms with Crippen molar-refractivity contribution in [2.75, 3.05) is 6.26 Å². The molecule has 0 aromatic heterocycles. The van der Waals surface area contributed by atoms with Gasteiger partial charge in [0.1, 0.15) is 46.0 Å². The Morgan fingerprint density at radius 1 is 0.269 bits per heavy atom. The van der Waals surface area contributed by atoms with Crippen LogP contribution in [0.4, 0.5) is 0 Å². The van der Waals surface area contributed by atoms with Crippen LogP contribution in [0, 0.1) is 55.4 Å². The van der Waals surface area contributed by atoms with Crippen LogP contribution in [0.25, 0.3) is 44.5 Å². The molecule has 0 bridgehead atoms. The zero-order valence-electron chi connectivity index (χ0n) is 46.6. The van der Waals surface area contributed by atoms with Gasteiger partial charge >= 0.3 is 0 Å². The predicted octanol–water partition coefficient (Wildman–Crippen LogP) is 21.0. The van der Waals surface area contributed by atoms with Gasteiger partial charge in [-0.25, -0.2) is 0 Å². The quantitative estimate of drug-likeness (QED) is 0.0869. The van der Waals surface area contributed by atoms with E-state index in [9.17, 15) is 0 Å². The number of rotatable bonds is 14. The number of aryl methyl sites for hydroxylation is 8. The van der Waals surface area contributed by atoms with Gasteiger partial charge in [0.05, 0.1) is 0 Å². The number of carbonyl (C=O) groups is 1. The molecule has 0 saturated heterocycles. The lowest BCUT2D eigenvalue weighted by Crippen LogP contribution is -2.03. The van der Waals surface area contributed by atoms with Gasteiger partial charge in [-0.15, -0.1) is 0 Å². The minimum atomic E-state index is -0.133. The molecule has 5 nitrogen and oxygen atoms in total. The van der Waals surface area contributed by atoms with Crippen molar-refractivity contribution in [3.05, 3.63) is 262 Å². The molecule has 0 aliphatic heterocycles. The number of hydrogen-bond donors (Lipinski definition) is 1. The average Bonchev–Trinajstić information content (AvgIpc) is 3.41. The van der Waals surface area contributed by atoms with Crippen LogP contribution in [0.1, 0.15) is 75.7 Å². The van der Waals surface area contributed by atoms with Crippen molar-refractivity contribution in [2.45, 2.75) is 69.2 Å². The van der Waals surface area contributed by atoms with Crippen molar-refractivity contribution < 1.29 is 25.2 Å². The molecular weight excluding hydrogens is 977 g/mol. The van der Waals surface area contributed by atoms with Gasteiger partial charge in [0.25, 0.3) is 0 Å². The second-order valence-electron chi connectivity index (χ2n) is 19.7. The lowest BCUT2D eigenvalue weighted by molar-refractivity contribution is 0.103. The topological polar surface area (TPSA) is 54.0 Å². The second kappa shape index (κ2) is 25.5. The van der Waals surface area contributed by atoms with Gasteiger partial charge in [-0.05, 0) is 284 Å². The number of carbonyl (C=O) groups excluding carboxylic acids is 1. The van der Waals surface area contributed by atoms with Gasteiger partial charge in [0.15, 0.2) is 5.78 Å². The highest BCUT2D eigenvalue weighted by molar-refractivity contribution is 7.79. The molecule has 0 unspecified atom stereocenters. The SMILES string of the molecule is CC.CS.Cc1cc(C)cc(Oc2cccc(-c3cc(C(=O)c4cc(-c5cccc(Oc6cc(C)cc(C)c6)c5)cc(-c5cccc(Oc6cc(C)cc(C)c6)c5)c4)cc(-c4cccc(Oc5cc(C)cc(C)c5)c4)c3)c2)c1.[HH].